The molecule has 1 aromatic carbocycles. The molecule has 0 aliphatic heterocycles. The van der Waals surface area contributed by atoms with E-state index in [0.717, 1.165) is 12.1 Å². The second kappa shape index (κ2) is 6.47. The number of carboxylic acid groups (broad SMARTS) is 1. The highest BCUT2D eigenvalue weighted by Crippen LogP contribution is 2.32. The van der Waals surface area contributed by atoms with Gasteiger partial charge in [-0.3, -0.25) is 4.79 Å². The predicted molar refractivity (Wildman–Crippen MR) is 70.2 cm³/mol. The van der Waals surface area contributed by atoms with Gasteiger partial charge in [-0.15, -0.1) is 0 Å². The first kappa shape index (κ1) is 16.8. The number of carboxylic acids is 1. The van der Waals surface area contributed by atoms with Gasteiger partial charge in [-0.25, -0.2) is 4.79 Å². The van der Waals surface area contributed by atoms with Gasteiger partial charge in [0.05, 0.1) is 11.1 Å². The lowest BCUT2D eigenvalue weighted by Gasteiger charge is -2.17. The number of carbonyl (C=O) groups is 2. The van der Waals surface area contributed by atoms with Crippen molar-refractivity contribution in [1.82, 2.24) is 5.32 Å². The maximum atomic E-state index is 12.6. The Labute approximate surface area is 119 Å². The molecule has 0 spiro atoms. The Morgan fingerprint density at radius 3 is 2.43 bits per heavy atom. The van der Waals surface area contributed by atoms with Gasteiger partial charge in [0.1, 0.15) is 6.04 Å². The third kappa shape index (κ3) is 4.37. The van der Waals surface area contributed by atoms with Crippen LogP contribution < -0.4 is 10.6 Å². The summed E-state index contributed by atoms with van der Waals surface area (Å²) < 4.78 is 37.7. The molecular weight excluding hydrogens is 289 g/mol. The maximum Gasteiger partial charge on any atom is 0.416 e. The highest BCUT2D eigenvalue weighted by Gasteiger charge is 2.32. The average molecular weight is 304 g/mol. The van der Waals surface area contributed by atoms with Crippen LogP contribution in [0.4, 0.5) is 18.9 Å². The van der Waals surface area contributed by atoms with Crippen molar-refractivity contribution < 1.29 is 27.9 Å². The summed E-state index contributed by atoms with van der Waals surface area (Å²) in [5, 5.41) is 14.1. The van der Waals surface area contributed by atoms with Gasteiger partial charge in [0.15, 0.2) is 0 Å². The fourth-order valence-corrected chi connectivity index (χ4v) is 1.65. The summed E-state index contributed by atoms with van der Waals surface area (Å²) in [6.07, 6.45) is -4.63. The Kier molecular flexibility index (Phi) is 5.17. The Hall–Kier alpha value is -2.25. The number of carbonyl (C=O) groups excluding carboxylic acids is 1. The molecule has 8 heteroatoms. The first-order chi connectivity index (χ1) is 9.66. The van der Waals surface area contributed by atoms with Gasteiger partial charge in [-0.05, 0) is 32.0 Å². The fraction of sp³-hybridized carbons (Fsp3) is 0.385. The largest absolute Gasteiger partial charge is 0.478 e. The van der Waals surface area contributed by atoms with Gasteiger partial charge in [0.25, 0.3) is 0 Å². The number of likely N-dealkylation sites (N-methyl/N-ethyl adjacent to an activating group) is 1. The van der Waals surface area contributed by atoms with Crippen LogP contribution in [-0.4, -0.2) is 29.6 Å². The van der Waals surface area contributed by atoms with Gasteiger partial charge in [0, 0.05) is 12.2 Å². The standard InChI is InChI=1S/C13H15F3N2O3/c1-3-17-11(19)7(2)18-10-5-4-8(13(14,15)16)6-9(10)12(20)21/h4-7,18H,3H2,1-2H3,(H,17,19)(H,20,21). The van der Waals surface area contributed by atoms with Gasteiger partial charge in [-0.2, -0.15) is 13.2 Å². The molecular formula is C13H15F3N2O3. The number of rotatable bonds is 5. The van der Waals surface area contributed by atoms with Crippen LogP contribution in [0, 0.1) is 0 Å². The zero-order valence-corrected chi connectivity index (χ0v) is 11.4. The van der Waals surface area contributed by atoms with Crippen molar-refractivity contribution in [3.63, 3.8) is 0 Å². The molecule has 116 valence electrons. The molecule has 0 saturated carbocycles. The van der Waals surface area contributed by atoms with Crippen molar-refractivity contribution in [2.45, 2.75) is 26.1 Å². The van der Waals surface area contributed by atoms with Crippen molar-refractivity contribution in [1.29, 1.82) is 0 Å². The number of hydrogen-bond donors (Lipinski definition) is 3. The second-order valence-corrected chi connectivity index (χ2v) is 4.32. The van der Waals surface area contributed by atoms with E-state index in [1.807, 2.05) is 0 Å². The number of benzene rings is 1. The number of anilines is 1. The van der Waals surface area contributed by atoms with Crippen molar-refractivity contribution in [2.75, 3.05) is 11.9 Å². The topological polar surface area (TPSA) is 78.4 Å². The Morgan fingerprint density at radius 1 is 1.33 bits per heavy atom. The molecule has 0 aromatic heterocycles. The summed E-state index contributed by atoms with van der Waals surface area (Å²) >= 11 is 0. The Bertz CT molecular complexity index is 544. The lowest BCUT2D eigenvalue weighted by molar-refractivity contribution is -0.137. The minimum Gasteiger partial charge on any atom is -0.478 e. The van der Waals surface area contributed by atoms with Crippen molar-refractivity contribution in [2.24, 2.45) is 0 Å². The molecule has 1 rings (SSSR count). The molecule has 0 radical (unpaired) electrons. The average Bonchev–Trinajstić information content (AvgIpc) is 2.37. The van der Waals surface area contributed by atoms with E-state index in [1.165, 1.54) is 6.92 Å². The van der Waals surface area contributed by atoms with Crippen LogP contribution in [0.5, 0.6) is 0 Å². The zero-order valence-electron chi connectivity index (χ0n) is 11.4. The monoisotopic (exact) mass is 304 g/mol. The molecule has 0 fully saturated rings. The molecule has 1 amide bonds. The normalized spacial score (nSPS) is 12.6. The summed E-state index contributed by atoms with van der Waals surface area (Å²) in [7, 11) is 0. The maximum absolute atomic E-state index is 12.6. The van der Waals surface area contributed by atoms with E-state index in [2.05, 4.69) is 10.6 Å². The summed E-state index contributed by atoms with van der Waals surface area (Å²) in [6, 6.07) is 1.52. The highest BCUT2D eigenvalue weighted by molar-refractivity contribution is 5.95. The molecule has 21 heavy (non-hydrogen) atoms. The third-order valence-corrected chi connectivity index (χ3v) is 2.69. The van der Waals surface area contributed by atoms with E-state index >= 15 is 0 Å². The van der Waals surface area contributed by atoms with E-state index in [9.17, 15) is 22.8 Å². The van der Waals surface area contributed by atoms with Gasteiger partial charge < -0.3 is 15.7 Å². The van der Waals surface area contributed by atoms with Crippen LogP contribution in [0.2, 0.25) is 0 Å². The third-order valence-electron chi connectivity index (χ3n) is 2.69. The van der Waals surface area contributed by atoms with Crippen LogP contribution in [0.25, 0.3) is 0 Å². The summed E-state index contributed by atoms with van der Waals surface area (Å²) in [6.45, 7) is 3.59. The number of alkyl halides is 3. The molecule has 5 nitrogen and oxygen atoms in total. The molecule has 1 unspecified atom stereocenters. The van der Waals surface area contributed by atoms with Gasteiger partial charge in [0.2, 0.25) is 5.91 Å². The lowest BCUT2D eigenvalue weighted by Crippen LogP contribution is -2.37. The fourth-order valence-electron chi connectivity index (χ4n) is 1.65. The van der Waals surface area contributed by atoms with Crippen molar-refractivity contribution in [3.05, 3.63) is 29.3 Å². The summed E-state index contributed by atoms with van der Waals surface area (Å²) in [4.78, 5) is 22.6. The minimum absolute atomic E-state index is 0.0470. The molecule has 1 atom stereocenters. The van der Waals surface area contributed by atoms with Crippen LogP contribution in [0.1, 0.15) is 29.8 Å². The number of aromatic carboxylic acids is 1. The molecule has 0 saturated heterocycles. The second-order valence-electron chi connectivity index (χ2n) is 4.32. The van der Waals surface area contributed by atoms with Gasteiger partial charge in [-0.1, -0.05) is 0 Å². The molecule has 0 aliphatic carbocycles. The quantitative estimate of drug-likeness (QED) is 0.780. The first-order valence-electron chi connectivity index (χ1n) is 6.15. The number of nitrogens with one attached hydrogen (secondary N) is 2. The van der Waals surface area contributed by atoms with Crippen LogP contribution in [-0.2, 0) is 11.0 Å². The molecule has 3 N–H and O–H groups in total. The number of hydrogen-bond acceptors (Lipinski definition) is 3. The zero-order chi connectivity index (χ0) is 16.2. The van der Waals surface area contributed by atoms with E-state index in [0.29, 0.717) is 12.6 Å². The van der Waals surface area contributed by atoms with Crippen LogP contribution >= 0.6 is 0 Å². The van der Waals surface area contributed by atoms with Crippen LogP contribution in [0.15, 0.2) is 18.2 Å². The minimum atomic E-state index is -4.63. The Morgan fingerprint density at radius 2 is 1.95 bits per heavy atom. The first-order valence-corrected chi connectivity index (χ1v) is 6.15. The molecule has 0 aliphatic rings. The predicted octanol–water partition coefficient (Wildman–Crippen LogP) is 2.34. The van der Waals surface area contributed by atoms with E-state index in [1.54, 1.807) is 6.92 Å². The van der Waals surface area contributed by atoms with Crippen molar-refractivity contribution >= 4 is 17.6 Å². The molecule has 1 aromatic rings. The number of halogens is 3. The summed E-state index contributed by atoms with van der Waals surface area (Å²) in [5.41, 5.74) is -1.65. The SMILES string of the molecule is CCNC(=O)C(C)Nc1ccc(C(F)(F)F)cc1C(=O)O. The van der Waals surface area contributed by atoms with Crippen molar-refractivity contribution in [3.8, 4) is 0 Å². The number of amides is 1. The van der Waals surface area contributed by atoms with E-state index < -0.39 is 29.3 Å². The molecule has 0 heterocycles. The van der Waals surface area contributed by atoms with E-state index in [-0.39, 0.29) is 11.6 Å². The lowest BCUT2D eigenvalue weighted by atomic mass is 10.1. The van der Waals surface area contributed by atoms with Crippen LogP contribution in [0.3, 0.4) is 0 Å². The van der Waals surface area contributed by atoms with Gasteiger partial charge >= 0.3 is 12.1 Å². The summed E-state index contributed by atoms with van der Waals surface area (Å²) in [5.74, 6) is -1.89. The Balaban J connectivity index is 3.08. The van der Waals surface area contributed by atoms with E-state index in [4.69, 9.17) is 5.11 Å². The highest BCUT2D eigenvalue weighted by atomic mass is 19.4. The molecule has 0 bridgehead atoms. The smallest absolute Gasteiger partial charge is 0.416 e.